The van der Waals surface area contributed by atoms with E-state index in [1.54, 1.807) is 10.9 Å². The average Bonchev–Trinajstić information content (AvgIpc) is 2.72. The Kier molecular flexibility index (Phi) is 4.02. The van der Waals surface area contributed by atoms with Crippen molar-refractivity contribution in [3.8, 4) is 0 Å². The largest absolute Gasteiger partial charge is 0.384 e. The summed E-state index contributed by atoms with van der Waals surface area (Å²) < 4.78 is 1.77. The number of hydrogen-bond donors (Lipinski definition) is 2. The van der Waals surface area contributed by atoms with Crippen molar-refractivity contribution in [2.75, 3.05) is 18.5 Å². The highest BCUT2D eigenvalue weighted by Crippen LogP contribution is 2.21. The molecule has 0 aliphatic carbocycles. The van der Waals surface area contributed by atoms with Crippen LogP contribution in [0.2, 0.25) is 0 Å². The monoisotopic (exact) mass is 272 g/mol. The topological polar surface area (TPSA) is 83.8 Å². The van der Waals surface area contributed by atoms with Crippen LogP contribution in [0.15, 0.2) is 24.4 Å². The molecular weight excluding hydrogens is 252 g/mol. The highest BCUT2D eigenvalue weighted by atomic mass is 15.4. The van der Waals surface area contributed by atoms with Gasteiger partial charge in [-0.3, -0.25) is 15.1 Å². The van der Waals surface area contributed by atoms with Gasteiger partial charge in [0.05, 0.1) is 11.3 Å². The Morgan fingerprint density at radius 1 is 1.45 bits per heavy atom. The molecule has 0 unspecified atom stereocenters. The lowest BCUT2D eigenvalue weighted by atomic mass is 10.2. The highest BCUT2D eigenvalue weighted by molar-refractivity contribution is 6.00. The van der Waals surface area contributed by atoms with E-state index in [0.717, 1.165) is 30.2 Å². The molecule has 2 aromatic heterocycles. The summed E-state index contributed by atoms with van der Waals surface area (Å²) in [5.74, 6) is 0.918. The zero-order valence-corrected chi connectivity index (χ0v) is 12.1. The fraction of sp³-hybridized carbons (Fsp3) is 0.357. The number of nitrogens with zero attached hydrogens (tertiary/aromatic N) is 4. The molecule has 0 saturated heterocycles. The molecule has 0 aliphatic heterocycles. The van der Waals surface area contributed by atoms with Gasteiger partial charge in [-0.1, -0.05) is 6.07 Å². The van der Waals surface area contributed by atoms with Gasteiger partial charge in [0, 0.05) is 39.0 Å². The molecule has 0 saturated carbocycles. The summed E-state index contributed by atoms with van der Waals surface area (Å²) in [4.78, 5) is 6.37. The molecule has 2 rings (SSSR count). The lowest BCUT2D eigenvalue weighted by Crippen LogP contribution is -2.26. The third-order valence-corrected chi connectivity index (χ3v) is 3.25. The number of aryl methyl sites for hydroxylation is 2. The maximum Gasteiger partial charge on any atom is 0.137 e. The van der Waals surface area contributed by atoms with E-state index < -0.39 is 0 Å². The molecule has 106 valence electrons. The summed E-state index contributed by atoms with van der Waals surface area (Å²) in [6.07, 6.45) is 2.63. The molecule has 0 fully saturated rings. The van der Waals surface area contributed by atoms with E-state index in [2.05, 4.69) is 15.0 Å². The van der Waals surface area contributed by atoms with Crippen LogP contribution in [-0.4, -0.2) is 34.2 Å². The lowest BCUT2D eigenvalue weighted by Gasteiger charge is -2.20. The van der Waals surface area contributed by atoms with Gasteiger partial charge in [0.25, 0.3) is 0 Å². The molecule has 6 nitrogen and oxygen atoms in total. The highest BCUT2D eigenvalue weighted by Gasteiger charge is 2.18. The van der Waals surface area contributed by atoms with Crippen molar-refractivity contribution in [3.63, 3.8) is 0 Å². The van der Waals surface area contributed by atoms with Gasteiger partial charge in [-0.2, -0.15) is 5.10 Å². The quantitative estimate of drug-likeness (QED) is 0.630. The van der Waals surface area contributed by atoms with Crippen LogP contribution in [0.5, 0.6) is 0 Å². The van der Waals surface area contributed by atoms with Crippen LogP contribution < -0.4 is 10.6 Å². The van der Waals surface area contributed by atoms with E-state index in [1.165, 1.54) is 0 Å². The van der Waals surface area contributed by atoms with E-state index in [-0.39, 0.29) is 5.84 Å². The molecule has 0 atom stereocenters. The number of pyridine rings is 1. The van der Waals surface area contributed by atoms with E-state index in [4.69, 9.17) is 11.1 Å². The van der Waals surface area contributed by atoms with Crippen molar-refractivity contribution >= 4 is 11.7 Å². The van der Waals surface area contributed by atoms with Gasteiger partial charge in [0.2, 0.25) is 0 Å². The third-order valence-electron chi connectivity index (χ3n) is 3.25. The van der Waals surface area contributed by atoms with Crippen LogP contribution in [0.1, 0.15) is 17.0 Å². The normalized spacial score (nSPS) is 10.6. The van der Waals surface area contributed by atoms with Crippen LogP contribution in [0.4, 0.5) is 5.82 Å². The van der Waals surface area contributed by atoms with Crippen LogP contribution in [0, 0.1) is 12.3 Å². The molecule has 0 radical (unpaired) electrons. The molecule has 2 heterocycles. The Labute approximate surface area is 118 Å². The number of anilines is 1. The van der Waals surface area contributed by atoms with E-state index in [1.807, 2.05) is 39.2 Å². The first-order chi connectivity index (χ1) is 9.50. The summed E-state index contributed by atoms with van der Waals surface area (Å²) in [5, 5.41) is 12.1. The number of nitrogens with one attached hydrogen (secondary N) is 1. The van der Waals surface area contributed by atoms with Gasteiger partial charge in [-0.15, -0.1) is 0 Å². The third kappa shape index (κ3) is 2.79. The summed E-state index contributed by atoms with van der Waals surface area (Å²) in [5.41, 5.74) is 8.19. The Morgan fingerprint density at radius 2 is 2.20 bits per heavy atom. The lowest BCUT2D eigenvalue weighted by molar-refractivity contribution is 0.721. The fourth-order valence-electron chi connectivity index (χ4n) is 2.33. The second-order valence-corrected chi connectivity index (χ2v) is 4.81. The molecule has 0 amide bonds. The number of amidine groups is 1. The average molecular weight is 272 g/mol. The number of rotatable bonds is 5. The summed E-state index contributed by atoms with van der Waals surface area (Å²) in [6.45, 7) is 2.66. The number of nitrogens with two attached hydrogens (primary N) is 1. The first kappa shape index (κ1) is 14.0. The Morgan fingerprint density at radius 3 is 2.80 bits per heavy atom. The van der Waals surface area contributed by atoms with Crippen molar-refractivity contribution in [1.29, 1.82) is 5.41 Å². The van der Waals surface area contributed by atoms with Crippen LogP contribution >= 0.6 is 0 Å². The van der Waals surface area contributed by atoms with Crippen molar-refractivity contribution in [1.82, 2.24) is 14.8 Å². The van der Waals surface area contributed by atoms with Gasteiger partial charge in [-0.25, -0.2) is 0 Å². The minimum Gasteiger partial charge on any atom is -0.384 e. The number of nitrogen functional groups attached to an aromatic ring is 1. The zero-order valence-electron chi connectivity index (χ0n) is 12.1. The SMILES string of the molecule is Cc1nn(C)c(N(C)CCc2ccccn2)c1C(=N)N. The molecule has 6 heteroatoms. The molecule has 0 aliphatic rings. The molecule has 2 aromatic rings. The predicted octanol–water partition coefficient (Wildman–Crippen LogP) is 1.09. The van der Waals surface area contributed by atoms with Gasteiger partial charge >= 0.3 is 0 Å². The van der Waals surface area contributed by atoms with E-state index in [0.29, 0.717) is 5.56 Å². The van der Waals surface area contributed by atoms with E-state index >= 15 is 0 Å². The second kappa shape index (κ2) is 5.73. The fourth-order valence-corrected chi connectivity index (χ4v) is 2.33. The maximum atomic E-state index is 7.71. The van der Waals surface area contributed by atoms with Crippen LogP contribution in [0.25, 0.3) is 0 Å². The first-order valence-electron chi connectivity index (χ1n) is 6.49. The molecular formula is C14H20N6. The van der Waals surface area contributed by atoms with Crippen molar-refractivity contribution < 1.29 is 0 Å². The number of aromatic nitrogens is 3. The second-order valence-electron chi connectivity index (χ2n) is 4.81. The van der Waals surface area contributed by atoms with Crippen molar-refractivity contribution in [2.45, 2.75) is 13.3 Å². The Hall–Kier alpha value is -2.37. The maximum absolute atomic E-state index is 7.71. The molecule has 0 aromatic carbocycles. The smallest absolute Gasteiger partial charge is 0.137 e. The number of hydrogen-bond acceptors (Lipinski definition) is 4. The zero-order chi connectivity index (χ0) is 14.7. The van der Waals surface area contributed by atoms with Crippen molar-refractivity contribution in [2.24, 2.45) is 12.8 Å². The number of likely N-dealkylation sites (N-methyl/N-ethyl adjacent to an activating group) is 1. The first-order valence-corrected chi connectivity index (χ1v) is 6.49. The summed E-state index contributed by atoms with van der Waals surface area (Å²) >= 11 is 0. The van der Waals surface area contributed by atoms with Crippen molar-refractivity contribution in [3.05, 3.63) is 41.3 Å². The standard InChI is InChI=1S/C14H20N6/c1-10-12(13(15)16)14(20(3)18-10)19(2)9-7-11-6-4-5-8-17-11/h4-6,8H,7,9H2,1-3H3,(H3,15,16). The van der Waals surface area contributed by atoms with Gasteiger partial charge < -0.3 is 10.6 Å². The Bertz CT molecular complexity index is 602. The van der Waals surface area contributed by atoms with Gasteiger partial charge in [0.15, 0.2) is 0 Å². The van der Waals surface area contributed by atoms with Gasteiger partial charge in [-0.05, 0) is 19.1 Å². The van der Waals surface area contributed by atoms with E-state index in [9.17, 15) is 0 Å². The minimum absolute atomic E-state index is 0.0512. The summed E-state index contributed by atoms with van der Waals surface area (Å²) in [6, 6.07) is 5.90. The summed E-state index contributed by atoms with van der Waals surface area (Å²) in [7, 11) is 3.85. The van der Waals surface area contributed by atoms with Crippen LogP contribution in [-0.2, 0) is 13.5 Å². The molecule has 0 bridgehead atoms. The molecule has 20 heavy (non-hydrogen) atoms. The molecule has 0 spiro atoms. The Balaban J connectivity index is 2.17. The minimum atomic E-state index is 0.0512. The molecule has 3 N–H and O–H groups in total. The van der Waals surface area contributed by atoms with Crippen LogP contribution in [0.3, 0.4) is 0 Å². The van der Waals surface area contributed by atoms with Gasteiger partial charge in [0.1, 0.15) is 11.7 Å². The predicted molar refractivity (Wildman–Crippen MR) is 80.2 cm³/mol.